The van der Waals surface area contributed by atoms with E-state index in [4.69, 9.17) is 9.97 Å². The summed E-state index contributed by atoms with van der Waals surface area (Å²) in [7, 11) is 0. The molecule has 0 N–H and O–H groups in total. The largest absolute Gasteiger partial charge is 0.240 e. The highest BCUT2D eigenvalue weighted by atomic mass is 14.9. The molecule has 0 aliphatic heterocycles. The molecule has 2 nitrogen and oxygen atoms in total. The maximum atomic E-state index is 4.96. The van der Waals surface area contributed by atoms with Gasteiger partial charge in [0.1, 0.15) is 5.82 Å². The van der Waals surface area contributed by atoms with Crippen LogP contribution in [0.3, 0.4) is 0 Å². The van der Waals surface area contributed by atoms with Gasteiger partial charge < -0.3 is 0 Å². The molecule has 1 heterocycles. The second-order valence-corrected chi connectivity index (χ2v) is 10.9. The monoisotopic (exact) mass is 462 g/mol. The van der Waals surface area contributed by atoms with Crippen LogP contribution in [0, 0.1) is 12.8 Å². The lowest BCUT2D eigenvalue weighted by molar-refractivity contribution is 0.302. The molecule has 0 radical (unpaired) electrons. The summed E-state index contributed by atoms with van der Waals surface area (Å²) in [6, 6.07) is 9.16. The molecule has 3 rings (SSSR count). The van der Waals surface area contributed by atoms with E-state index in [1.807, 2.05) is 0 Å². The van der Waals surface area contributed by atoms with E-state index in [0.717, 1.165) is 17.4 Å². The summed E-state index contributed by atoms with van der Waals surface area (Å²) in [5.41, 5.74) is 5.03. The average molecular weight is 463 g/mol. The number of benzene rings is 1. The Morgan fingerprint density at radius 1 is 0.735 bits per heavy atom. The molecule has 34 heavy (non-hydrogen) atoms. The summed E-state index contributed by atoms with van der Waals surface area (Å²) in [6.07, 6.45) is 25.2. The van der Waals surface area contributed by atoms with E-state index in [0.29, 0.717) is 5.92 Å². The molecule has 0 unspecified atom stereocenters. The van der Waals surface area contributed by atoms with Crippen LogP contribution in [0.15, 0.2) is 30.5 Å². The van der Waals surface area contributed by atoms with Crippen LogP contribution in [-0.4, -0.2) is 9.97 Å². The quantitative estimate of drug-likeness (QED) is 0.246. The molecule has 1 aromatic heterocycles. The minimum absolute atomic E-state index is 0.560. The second kappa shape index (κ2) is 15.3. The summed E-state index contributed by atoms with van der Waals surface area (Å²) in [4.78, 5) is 9.79. The lowest BCUT2D eigenvalue weighted by Crippen LogP contribution is -2.15. The Morgan fingerprint density at radius 3 is 1.94 bits per heavy atom. The molecule has 1 aliphatic carbocycles. The Hall–Kier alpha value is -1.70. The van der Waals surface area contributed by atoms with E-state index in [2.05, 4.69) is 51.2 Å². The van der Waals surface area contributed by atoms with Gasteiger partial charge in [0.15, 0.2) is 0 Å². The minimum atomic E-state index is 0.560. The molecule has 2 aromatic rings. The van der Waals surface area contributed by atoms with E-state index in [-0.39, 0.29) is 0 Å². The van der Waals surface area contributed by atoms with Gasteiger partial charge in [0.2, 0.25) is 0 Å². The maximum absolute atomic E-state index is 4.96. The van der Waals surface area contributed by atoms with Crippen LogP contribution in [0.1, 0.15) is 140 Å². The van der Waals surface area contributed by atoms with E-state index < -0.39 is 0 Å². The van der Waals surface area contributed by atoms with Gasteiger partial charge in [0.25, 0.3) is 0 Å². The number of nitrogens with zero attached hydrogens (tertiary/aromatic N) is 2. The van der Waals surface area contributed by atoms with Crippen molar-refractivity contribution in [3.63, 3.8) is 0 Å². The molecule has 0 bridgehead atoms. The zero-order valence-electron chi connectivity index (χ0n) is 22.5. The van der Waals surface area contributed by atoms with Gasteiger partial charge in [-0.25, -0.2) is 9.97 Å². The Labute approximate surface area is 210 Å². The summed E-state index contributed by atoms with van der Waals surface area (Å²) in [5.74, 6) is 2.57. The second-order valence-electron chi connectivity index (χ2n) is 10.9. The van der Waals surface area contributed by atoms with Crippen molar-refractivity contribution in [1.29, 1.82) is 0 Å². The molecule has 0 saturated heterocycles. The highest BCUT2D eigenvalue weighted by molar-refractivity contribution is 5.65. The van der Waals surface area contributed by atoms with Gasteiger partial charge in [-0.05, 0) is 62.5 Å². The molecule has 1 aliphatic rings. The SMILES string of the molecule is CCCCCCCCCCCCc1ccc(-c2cnc([C@H]3CC[C@H](CCC)CC3)nc2C)cc1. The molecule has 1 fully saturated rings. The van der Waals surface area contributed by atoms with Gasteiger partial charge >= 0.3 is 0 Å². The Morgan fingerprint density at radius 2 is 1.35 bits per heavy atom. The highest BCUT2D eigenvalue weighted by Gasteiger charge is 2.24. The van der Waals surface area contributed by atoms with Crippen molar-refractivity contribution in [2.75, 3.05) is 0 Å². The third-order valence-electron chi connectivity index (χ3n) is 7.99. The fraction of sp³-hybridized carbons (Fsp3) is 0.688. The molecule has 2 heteroatoms. The van der Waals surface area contributed by atoms with Crippen LogP contribution in [0.2, 0.25) is 0 Å². The van der Waals surface area contributed by atoms with E-state index in [9.17, 15) is 0 Å². The molecule has 1 aromatic carbocycles. The Kier molecular flexibility index (Phi) is 12.1. The first-order valence-electron chi connectivity index (χ1n) is 14.6. The first-order chi connectivity index (χ1) is 16.7. The highest BCUT2D eigenvalue weighted by Crippen LogP contribution is 2.36. The van der Waals surface area contributed by atoms with Gasteiger partial charge in [-0.3, -0.25) is 0 Å². The Bertz CT molecular complexity index is 802. The number of rotatable bonds is 15. The number of hydrogen-bond donors (Lipinski definition) is 0. The molecule has 0 atom stereocenters. The molecular formula is C32H50N2. The standard InChI is InChI=1S/C32H50N2/c1-4-6-7-8-9-10-11-12-13-14-16-28-17-21-29(22-18-28)31-25-33-32(34-26(31)3)30-23-19-27(15-5-2)20-24-30/h17-18,21-22,25,27,30H,4-16,19-20,23-24H2,1-3H3/t27-,30-. The van der Waals surface area contributed by atoms with Crippen molar-refractivity contribution >= 4 is 0 Å². The Balaban J connectivity index is 1.39. The van der Waals surface area contributed by atoms with Crippen LogP contribution in [0.25, 0.3) is 11.1 Å². The summed E-state index contributed by atoms with van der Waals surface area (Å²) >= 11 is 0. The molecule has 0 amide bonds. The minimum Gasteiger partial charge on any atom is -0.240 e. The van der Waals surface area contributed by atoms with Crippen molar-refractivity contribution in [1.82, 2.24) is 9.97 Å². The molecule has 1 saturated carbocycles. The smallest absolute Gasteiger partial charge is 0.131 e. The van der Waals surface area contributed by atoms with Gasteiger partial charge in [-0.2, -0.15) is 0 Å². The van der Waals surface area contributed by atoms with Crippen molar-refractivity contribution < 1.29 is 0 Å². The molecule has 188 valence electrons. The fourth-order valence-corrected chi connectivity index (χ4v) is 5.75. The number of unbranched alkanes of at least 4 members (excludes halogenated alkanes) is 9. The predicted molar refractivity (Wildman–Crippen MR) is 147 cm³/mol. The van der Waals surface area contributed by atoms with E-state index in [1.54, 1.807) is 0 Å². The lowest BCUT2D eigenvalue weighted by atomic mass is 9.79. The summed E-state index contributed by atoms with van der Waals surface area (Å²) in [6.45, 7) is 6.75. The van der Waals surface area contributed by atoms with Crippen LogP contribution < -0.4 is 0 Å². The van der Waals surface area contributed by atoms with E-state index >= 15 is 0 Å². The first kappa shape index (κ1) is 26.9. The van der Waals surface area contributed by atoms with Gasteiger partial charge in [0, 0.05) is 23.4 Å². The lowest BCUT2D eigenvalue weighted by Gasteiger charge is -2.27. The van der Waals surface area contributed by atoms with Crippen LogP contribution in [0.4, 0.5) is 0 Å². The van der Waals surface area contributed by atoms with Crippen molar-refractivity contribution in [3.8, 4) is 11.1 Å². The molecule has 0 spiro atoms. The average Bonchev–Trinajstić information content (AvgIpc) is 2.86. The van der Waals surface area contributed by atoms with Gasteiger partial charge in [-0.15, -0.1) is 0 Å². The zero-order valence-corrected chi connectivity index (χ0v) is 22.5. The molecular weight excluding hydrogens is 412 g/mol. The van der Waals surface area contributed by atoms with Crippen molar-refractivity contribution in [2.45, 2.75) is 136 Å². The summed E-state index contributed by atoms with van der Waals surface area (Å²) < 4.78 is 0. The van der Waals surface area contributed by atoms with Gasteiger partial charge in [-0.1, -0.05) is 109 Å². The van der Waals surface area contributed by atoms with E-state index in [1.165, 1.54) is 126 Å². The predicted octanol–water partition coefficient (Wildman–Crippen LogP) is 9.99. The van der Waals surface area contributed by atoms with Crippen LogP contribution in [-0.2, 0) is 6.42 Å². The third kappa shape index (κ3) is 8.82. The van der Waals surface area contributed by atoms with Crippen molar-refractivity contribution in [3.05, 3.63) is 47.5 Å². The third-order valence-corrected chi connectivity index (χ3v) is 7.99. The number of aromatic nitrogens is 2. The van der Waals surface area contributed by atoms with Crippen LogP contribution in [0.5, 0.6) is 0 Å². The normalized spacial score (nSPS) is 18.3. The van der Waals surface area contributed by atoms with Crippen molar-refractivity contribution in [2.24, 2.45) is 5.92 Å². The maximum Gasteiger partial charge on any atom is 0.131 e. The topological polar surface area (TPSA) is 25.8 Å². The zero-order chi connectivity index (χ0) is 24.0. The fourth-order valence-electron chi connectivity index (χ4n) is 5.75. The van der Waals surface area contributed by atoms with Crippen LogP contribution >= 0.6 is 0 Å². The number of hydrogen-bond acceptors (Lipinski definition) is 2. The first-order valence-corrected chi connectivity index (χ1v) is 14.6. The number of aryl methyl sites for hydroxylation is 2. The van der Waals surface area contributed by atoms with Gasteiger partial charge in [0.05, 0.1) is 0 Å². The summed E-state index contributed by atoms with van der Waals surface area (Å²) in [5, 5.41) is 0.